The lowest BCUT2D eigenvalue weighted by Gasteiger charge is -2.29. The van der Waals surface area contributed by atoms with Crippen molar-refractivity contribution >= 4 is 11.8 Å². The predicted octanol–water partition coefficient (Wildman–Crippen LogP) is 0.780. The Bertz CT molecular complexity index is 603. The summed E-state index contributed by atoms with van der Waals surface area (Å²) in [5, 5.41) is 0. The van der Waals surface area contributed by atoms with Gasteiger partial charge in [-0.2, -0.15) is 0 Å². The third-order valence-corrected chi connectivity index (χ3v) is 3.84. The van der Waals surface area contributed by atoms with Crippen molar-refractivity contribution in [3.8, 4) is 5.75 Å². The number of amides is 2. The van der Waals surface area contributed by atoms with Crippen molar-refractivity contribution in [1.82, 2.24) is 9.80 Å². The van der Waals surface area contributed by atoms with Crippen LogP contribution in [0.2, 0.25) is 0 Å². The van der Waals surface area contributed by atoms with Gasteiger partial charge in [-0.15, -0.1) is 0 Å². The molecule has 22 heavy (non-hydrogen) atoms. The molecule has 1 saturated heterocycles. The summed E-state index contributed by atoms with van der Waals surface area (Å²) in [6, 6.07) is 7.34. The van der Waals surface area contributed by atoms with Crippen molar-refractivity contribution < 1.29 is 19.1 Å². The molecule has 6 nitrogen and oxygen atoms in total. The van der Waals surface area contributed by atoms with Crippen molar-refractivity contribution in [2.24, 2.45) is 0 Å². The van der Waals surface area contributed by atoms with Crippen LogP contribution in [0.5, 0.6) is 5.75 Å². The first-order valence-corrected chi connectivity index (χ1v) is 7.22. The van der Waals surface area contributed by atoms with E-state index in [1.807, 2.05) is 29.2 Å². The van der Waals surface area contributed by atoms with Crippen molar-refractivity contribution in [2.45, 2.75) is 6.54 Å². The molecule has 0 spiro atoms. The van der Waals surface area contributed by atoms with Gasteiger partial charge in [0.25, 0.3) is 11.8 Å². The second kappa shape index (κ2) is 6.19. The number of nitrogens with zero attached hydrogens (tertiary/aromatic N) is 2. The Kier molecular flexibility index (Phi) is 4.11. The van der Waals surface area contributed by atoms with Gasteiger partial charge >= 0.3 is 0 Å². The first-order chi connectivity index (χ1) is 10.7. The minimum absolute atomic E-state index is 0.234. The summed E-state index contributed by atoms with van der Waals surface area (Å²) in [5.74, 6) is 0.250. The van der Waals surface area contributed by atoms with Gasteiger partial charge in [0.1, 0.15) is 11.4 Å². The Labute approximate surface area is 128 Å². The van der Waals surface area contributed by atoms with Crippen LogP contribution < -0.4 is 4.74 Å². The first kappa shape index (κ1) is 14.6. The number of rotatable bonds is 4. The van der Waals surface area contributed by atoms with E-state index < -0.39 is 0 Å². The van der Waals surface area contributed by atoms with Gasteiger partial charge in [-0.05, 0) is 17.7 Å². The number of hydrogen-bond donors (Lipinski definition) is 0. The molecule has 0 radical (unpaired) electrons. The first-order valence-electron chi connectivity index (χ1n) is 7.22. The normalized spacial score (nSPS) is 18.7. The maximum atomic E-state index is 12.5. The van der Waals surface area contributed by atoms with E-state index in [9.17, 15) is 9.59 Å². The highest BCUT2D eigenvalue weighted by atomic mass is 16.5. The maximum Gasteiger partial charge on any atom is 0.277 e. The third kappa shape index (κ3) is 2.82. The van der Waals surface area contributed by atoms with E-state index in [0.29, 0.717) is 32.0 Å². The summed E-state index contributed by atoms with van der Waals surface area (Å²) in [4.78, 5) is 27.8. The van der Waals surface area contributed by atoms with Gasteiger partial charge in [0.2, 0.25) is 0 Å². The van der Waals surface area contributed by atoms with Gasteiger partial charge < -0.3 is 14.4 Å². The molecule has 2 amide bonds. The highest BCUT2D eigenvalue weighted by Crippen LogP contribution is 2.21. The topological polar surface area (TPSA) is 59.1 Å². The van der Waals surface area contributed by atoms with Gasteiger partial charge in [-0.3, -0.25) is 14.5 Å². The number of ether oxygens (including phenoxy) is 2. The molecule has 2 aliphatic heterocycles. The van der Waals surface area contributed by atoms with Crippen LogP contribution in [0.15, 0.2) is 36.0 Å². The maximum absolute atomic E-state index is 12.5. The predicted molar refractivity (Wildman–Crippen MR) is 79.0 cm³/mol. The molecular formula is C16H18N2O4. The minimum Gasteiger partial charge on any atom is -0.497 e. The van der Waals surface area contributed by atoms with Crippen molar-refractivity contribution in [3.05, 3.63) is 41.6 Å². The number of benzene rings is 1. The molecule has 3 rings (SSSR count). The van der Waals surface area contributed by atoms with E-state index in [1.165, 1.54) is 11.0 Å². The lowest BCUT2D eigenvalue weighted by atomic mass is 10.2. The molecule has 0 unspecified atom stereocenters. The molecule has 1 aromatic carbocycles. The Morgan fingerprint density at radius 2 is 1.82 bits per heavy atom. The van der Waals surface area contributed by atoms with Crippen LogP contribution in [0.1, 0.15) is 5.56 Å². The number of methoxy groups -OCH3 is 1. The Balaban J connectivity index is 1.70. The van der Waals surface area contributed by atoms with Crippen LogP contribution in [-0.2, 0) is 20.9 Å². The zero-order chi connectivity index (χ0) is 15.5. The highest BCUT2D eigenvalue weighted by Gasteiger charge is 2.34. The van der Waals surface area contributed by atoms with Crippen LogP contribution >= 0.6 is 0 Å². The van der Waals surface area contributed by atoms with Gasteiger partial charge in [-0.25, -0.2) is 0 Å². The summed E-state index contributed by atoms with van der Waals surface area (Å²) < 4.78 is 10.4. The van der Waals surface area contributed by atoms with E-state index >= 15 is 0 Å². The second-order valence-corrected chi connectivity index (χ2v) is 5.21. The second-order valence-electron chi connectivity index (χ2n) is 5.21. The molecular weight excluding hydrogens is 284 g/mol. The molecule has 0 bridgehead atoms. The van der Waals surface area contributed by atoms with E-state index in [4.69, 9.17) is 9.47 Å². The van der Waals surface area contributed by atoms with E-state index in [2.05, 4.69) is 0 Å². The van der Waals surface area contributed by atoms with E-state index in [0.717, 1.165) is 11.3 Å². The van der Waals surface area contributed by atoms with Crippen LogP contribution in [0.25, 0.3) is 0 Å². The highest BCUT2D eigenvalue weighted by molar-refractivity contribution is 6.15. The molecule has 0 aromatic heterocycles. The smallest absolute Gasteiger partial charge is 0.277 e. The summed E-state index contributed by atoms with van der Waals surface area (Å²) in [7, 11) is 1.60. The van der Waals surface area contributed by atoms with Crippen molar-refractivity contribution in [2.75, 3.05) is 33.4 Å². The number of carbonyl (C=O) groups is 2. The summed E-state index contributed by atoms with van der Waals surface area (Å²) in [6.07, 6.45) is 1.43. The molecule has 1 fully saturated rings. The van der Waals surface area contributed by atoms with E-state index in [-0.39, 0.29) is 18.4 Å². The van der Waals surface area contributed by atoms with Crippen molar-refractivity contribution in [3.63, 3.8) is 0 Å². The monoisotopic (exact) mass is 302 g/mol. The quantitative estimate of drug-likeness (QED) is 0.769. The Morgan fingerprint density at radius 3 is 2.45 bits per heavy atom. The molecule has 0 atom stereocenters. The fraction of sp³-hybridized carbons (Fsp3) is 0.375. The largest absolute Gasteiger partial charge is 0.497 e. The molecule has 2 aliphatic rings. The SMILES string of the molecule is COc1ccc(CN2C(=O)C=C(N3CCOCC3)C2=O)cc1. The van der Waals surface area contributed by atoms with Crippen LogP contribution in [0, 0.1) is 0 Å². The third-order valence-electron chi connectivity index (χ3n) is 3.84. The average Bonchev–Trinajstić information content (AvgIpc) is 2.84. The lowest BCUT2D eigenvalue weighted by Crippen LogP contribution is -2.40. The molecule has 2 heterocycles. The summed E-state index contributed by atoms with van der Waals surface area (Å²) in [6.45, 7) is 2.71. The summed E-state index contributed by atoms with van der Waals surface area (Å²) in [5.41, 5.74) is 1.36. The molecule has 6 heteroatoms. The minimum atomic E-state index is -0.262. The number of imide groups is 1. The van der Waals surface area contributed by atoms with Gasteiger partial charge in [-0.1, -0.05) is 12.1 Å². The van der Waals surface area contributed by atoms with Crippen LogP contribution in [0.4, 0.5) is 0 Å². The zero-order valence-electron chi connectivity index (χ0n) is 12.4. The molecule has 1 aromatic rings. The molecule has 0 saturated carbocycles. The standard InChI is InChI=1S/C16H18N2O4/c1-21-13-4-2-12(3-5-13)11-18-15(19)10-14(16(18)20)17-6-8-22-9-7-17/h2-5,10H,6-9,11H2,1H3. The summed E-state index contributed by atoms with van der Waals surface area (Å²) >= 11 is 0. The van der Waals surface area contributed by atoms with Gasteiger partial charge in [0.05, 0.1) is 26.9 Å². The lowest BCUT2D eigenvalue weighted by molar-refractivity contribution is -0.138. The van der Waals surface area contributed by atoms with Crippen LogP contribution in [-0.4, -0.2) is 55.0 Å². The molecule has 0 aliphatic carbocycles. The zero-order valence-corrected chi connectivity index (χ0v) is 12.4. The molecule has 0 N–H and O–H groups in total. The van der Waals surface area contributed by atoms with Crippen molar-refractivity contribution in [1.29, 1.82) is 0 Å². The molecule has 116 valence electrons. The average molecular weight is 302 g/mol. The van der Waals surface area contributed by atoms with Crippen LogP contribution in [0.3, 0.4) is 0 Å². The Morgan fingerprint density at radius 1 is 1.14 bits per heavy atom. The number of morpholine rings is 1. The fourth-order valence-electron chi connectivity index (χ4n) is 2.59. The number of carbonyl (C=O) groups excluding carboxylic acids is 2. The fourth-order valence-corrected chi connectivity index (χ4v) is 2.59. The van der Waals surface area contributed by atoms with Gasteiger partial charge in [0.15, 0.2) is 0 Å². The Hall–Kier alpha value is -2.34. The van der Waals surface area contributed by atoms with Gasteiger partial charge in [0, 0.05) is 19.2 Å². The van der Waals surface area contributed by atoms with E-state index in [1.54, 1.807) is 7.11 Å². The number of hydrogen-bond acceptors (Lipinski definition) is 5.